The van der Waals surface area contributed by atoms with E-state index in [1.807, 2.05) is 0 Å². The number of hydrogen-bond acceptors (Lipinski definition) is 1. The van der Waals surface area contributed by atoms with Crippen LogP contribution in [0.1, 0.15) is 0 Å². The third kappa shape index (κ3) is 1.80. The van der Waals surface area contributed by atoms with Crippen molar-refractivity contribution in [2.75, 3.05) is 0 Å². The molecule has 23 heavy (non-hydrogen) atoms. The summed E-state index contributed by atoms with van der Waals surface area (Å²) in [7, 11) is 0. The van der Waals surface area contributed by atoms with Gasteiger partial charge in [0.05, 0.1) is 23.0 Å². The third-order valence-electron chi connectivity index (χ3n) is 4.36. The number of furan rings is 1. The topological polar surface area (TPSA) is 18.1 Å². The Morgan fingerprint density at radius 3 is 2.48 bits per heavy atom. The van der Waals surface area contributed by atoms with E-state index in [4.69, 9.17) is 4.42 Å². The number of benzene rings is 3. The smallest absolute Gasteiger partial charge is 0.134 e. The predicted molar refractivity (Wildman–Crippen MR) is 103 cm³/mol. The summed E-state index contributed by atoms with van der Waals surface area (Å²) in [5, 5.41) is 3.68. The molecule has 0 saturated carbocycles. The zero-order valence-corrected chi connectivity index (χ0v) is 14.3. The minimum Gasteiger partial charge on any atom is -0.464 e. The van der Waals surface area contributed by atoms with Gasteiger partial charge in [0.25, 0.3) is 0 Å². The molecule has 3 heteroatoms. The molecule has 0 atom stereocenters. The van der Waals surface area contributed by atoms with Gasteiger partial charge in [-0.2, -0.15) is 0 Å². The zero-order chi connectivity index (χ0) is 15.4. The van der Waals surface area contributed by atoms with Gasteiger partial charge >= 0.3 is 0 Å². The van der Waals surface area contributed by atoms with E-state index in [1.54, 1.807) is 6.26 Å². The first kappa shape index (κ1) is 13.2. The van der Waals surface area contributed by atoms with Crippen molar-refractivity contribution in [3.63, 3.8) is 0 Å². The van der Waals surface area contributed by atoms with Crippen LogP contribution in [-0.2, 0) is 0 Å². The van der Waals surface area contributed by atoms with Crippen LogP contribution in [0.5, 0.6) is 0 Å². The van der Waals surface area contributed by atoms with Crippen molar-refractivity contribution < 1.29 is 4.42 Å². The molecule has 0 radical (unpaired) electrons. The SMILES string of the molecule is Ic1ccccc1-n1c2ccccc2c2c3ccoc3ccc21. The number of para-hydroxylation sites is 2. The highest BCUT2D eigenvalue weighted by Gasteiger charge is 2.16. The minimum atomic E-state index is 0.933. The Hall–Kier alpha value is -2.27. The normalized spacial score (nSPS) is 11.7. The molecule has 5 rings (SSSR count). The summed E-state index contributed by atoms with van der Waals surface area (Å²) in [5.41, 5.74) is 4.58. The standard InChI is InChI=1S/C20H12INO/c21-15-6-2-4-8-17(15)22-16-7-3-1-5-13(16)20-14-11-12-23-19(14)10-9-18(20)22/h1-12H. The van der Waals surface area contributed by atoms with Crippen LogP contribution in [0.4, 0.5) is 0 Å². The maximum Gasteiger partial charge on any atom is 0.134 e. The van der Waals surface area contributed by atoms with E-state index in [1.165, 1.54) is 36.4 Å². The van der Waals surface area contributed by atoms with Gasteiger partial charge in [-0.25, -0.2) is 0 Å². The van der Waals surface area contributed by atoms with E-state index in [0.717, 1.165) is 5.58 Å². The van der Waals surface area contributed by atoms with Crippen LogP contribution in [0.15, 0.2) is 77.4 Å². The fourth-order valence-corrected chi connectivity index (χ4v) is 4.03. The number of nitrogens with zero attached hydrogens (tertiary/aromatic N) is 1. The van der Waals surface area contributed by atoms with Gasteiger partial charge in [-0.1, -0.05) is 30.3 Å². The Labute approximate surface area is 146 Å². The fourth-order valence-electron chi connectivity index (χ4n) is 3.40. The highest BCUT2D eigenvalue weighted by atomic mass is 127. The van der Waals surface area contributed by atoms with E-state index in [2.05, 4.69) is 93.9 Å². The van der Waals surface area contributed by atoms with Crippen molar-refractivity contribution in [1.29, 1.82) is 0 Å². The second kappa shape index (κ2) is 4.86. The molecule has 0 amide bonds. The van der Waals surface area contributed by atoms with E-state index < -0.39 is 0 Å². The Morgan fingerprint density at radius 2 is 1.57 bits per heavy atom. The largest absolute Gasteiger partial charge is 0.464 e. The summed E-state index contributed by atoms with van der Waals surface area (Å²) in [6.45, 7) is 0. The van der Waals surface area contributed by atoms with Gasteiger partial charge < -0.3 is 8.98 Å². The van der Waals surface area contributed by atoms with E-state index in [0.29, 0.717) is 0 Å². The molecule has 0 aliphatic rings. The number of aromatic nitrogens is 1. The van der Waals surface area contributed by atoms with Gasteiger partial charge in [0.2, 0.25) is 0 Å². The molecular weight excluding hydrogens is 397 g/mol. The zero-order valence-electron chi connectivity index (χ0n) is 12.2. The fraction of sp³-hybridized carbons (Fsp3) is 0. The van der Waals surface area contributed by atoms with Crippen molar-refractivity contribution >= 4 is 55.4 Å². The first-order chi connectivity index (χ1) is 11.3. The highest BCUT2D eigenvalue weighted by molar-refractivity contribution is 14.1. The van der Waals surface area contributed by atoms with Gasteiger partial charge in [-0.15, -0.1) is 0 Å². The van der Waals surface area contributed by atoms with Crippen LogP contribution >= 0.6 is 22.6 Å². The molecule has 0 aliphatic carbocycles. The van der Waals surface area contributed by atoms with Crippen LogP contribution < -0.4 is 0 Å². The van der Waals surface area contributed by atoms with Gasteiger partial charge in [0, 0.05) is 19.7 Å². The van der Waals surface area contributed by atoms with Crippen molar-refractivity contribution in [3.8, 4) is 5.69 Å². The van der Waals surface area contributed by atoms with E-state index in [-0.39, 0.29) is 0 Å². The Kier molecular flexibility index (Phi) is 2.79. The van der Waals surface area contributed by atoms with Gasteiger partial charge in [0.15, 0.2) is 0 Å². The summed E-state index contributed by atoms with van der Waals surface area (Å²) in [6.07, 6.45) is 1.77. The van der Waals surface area contributed by atoms with Crippen LogP contribution in [-0.4, -0.2) is 4.57 Å². The molecule has 2 aromatic heterocycles. The lowest BCUT2D eigenvalue weighted by atomic mass is 10.1. The molecule has 0 N–H and O–H groups in total. The summed E-state index contributed by atoms with van der Waals surface area (Å²) < 4.78 is 9.19. The Morgan fingerprint density at radius 1 is 0.739 bits per heavy atom. The molecule has 3 aromatic carbocycles. The van der Waals surface area contributed by atoms with E-state index >= 15 is 0 Å². The lowest BCUT2D eigenvalue weighted by Crippen LogP contribution is -1.96. The summed E-state index contributed by atoms with van der Waals surface area (Å²) >= 11 is 2.40. The number of halogens is 1. The van der Waals surface area contributed by atoms with Crippen molar-refractivity contribution in [3.05, 3.63) is 76.6 Å². The third-order valence-corrected chi connectivity index (χ3v) is 5.27. The van der Waals surface area contributed by atoms with Crippen LogP contribution in [0.2, 0.25) is 0 Å². The number of hydrogen-bond donors (Lipinski definition) is 0. The first-order valence-corrected chi connectivity index (χ1v) is 8.57. The summed E-state index contributed by atoms with van der Waals surface area (Å²) in [4.78, 5) is 0. The predicted octanol–water partition coefficient (Wildman–Crippen LogP) is 6.13. The molecule has 5 aromatic rings. The minimum absolute atomic E-state index is 0.933. The average Bonchev–Trinajstić information content (AvgIpc) is 3.17. The summed E-state index contributed by atoms with van der Waals surface area (Å²) in [6, 6.07) is 23.3. The molecule has 0 aliphatic heterocycles. The van der Waals surface area contributed by atoms with Crippen LogP contribution in [0.25, 0.3) is 38.5 Å². The van der Waals surface area contributed by atoms with Gasteiger partial charge in [0.1, 0.15) is 5.58 Å². The maximum atomic E-state index is 5.60. The lowest BCUT2D eigenvalue weighted by molar-refractivity contribution is 0.616. The number of rotatable bonds is 1. The van der Waals surface area contributed by atoms with Crippen LogP contribution in [0, 0.1) is 3.57 Å². The summed E-state index contributed by atoms with van der Waals surface area (Å²) in [5.74, 6) is 0. The Bertz CT molecular complexity index is 1180. The van der Waals surface area contributed by atoms with Crippen molar-refractivity contribution in [1.82, 2.24) is 4.57 Å². The lowest BCUT2D eigenvalue weighted by Gasteiger charge is -2.09. The monoisotopic (exact) mass is 409 g/mol. The molecule has 0 fully saturated rings. The molecule has 0 unspecified atom stereocenters. The molecule has 0 spiro atoms. The molecule has 0 bridgehead atoms. The maximum absolute atomic E-state index is 5.60. The second-order valence-corrected chi connectivity index (χ2v) is 6.76. The number of fused-ring (bicyclic) bond motifs is 5. The molecule has 2 nitrogen and oxygen atoms in total. The van der Waals surface area contributed by atoms with Crippen molar-refractivity contribution in [2.45, 2.75) is 0 Å². The molecular formula is C20H12INO. The average molecular weight is 409 g/mol. The van der Waals surface area contributed by atoms with E-state index in [9.17, 15) is 0 Å². The van der Waals surface area contributed by atoms with Gasteiger partial charge in [-0.3, -0.25) is 0 Å². The quantitative estimate of drug-likeness (QED) is 0.305. The Balaban J connectivity index is 2.08. The second-order valence-electron chi connectivity index (χ2n) is 5.60. The first-order valence-electron chi connectivity index (χ1n) is 7.49. The van der Waals surface area contributed by atoms with Gasteiger partial charge in [-0.05, 0) is 59.0 Å². The molecule has 0 saturated heterocycles. The van der Waals surface area contributed by atoms with Crippen LogP contribution in [0.3, 0.4) is 0 Å². The molecule has 2 heterocycles. The molecule has 110 valence electrons. The highest BCUT2D eigenvalue weighted by Crippen LogP contribution is 2.37. The van der Waals surface area contributed by atoms with Crippen molar-refractivity contribution in [2.24, 2.45) is 0 Å².